The van der Waals surface area contributed by atoms with E-state index in [-0.39, 0.29) is 16.8 Å². The molecule has 0 atom stereocenters. The van der Waals surface area contributed by atoms with E-state index in [4.69, 9.17) is 5.73 Å². The molecule has 0 fully saturated rings. The van der Waals surface area contributed by atoms with Crippen LogP contribution in [0.15, 0.2) is 34.6 Å². The van der Waals surface area contributed by atoms with Crippen molar-refractivity contribution in [1.29, 1.82) is 0 Å². The second-order valence-corrected chi connectivity index (χ2v) is 3.20. The van der Waals surface area contributed by atoms with Gasteiger partial charge in [-0.05, 0) is 25.5 Å². The molecule has 0 spiro atoms. The molecule has 0 saturated heterocycles. The summed E-state index contributed by atoms with van der Waals surface area (Å²) in [7, 11) is 0. The van der Waals surface area contributed by atoms with E-state index in [0.717, 1.165) is 35.4 Å². The molecule has 2 N–H and O–H groups in total. The van der Waals surface area contributed by atoms with Gasteiger partial charge < -0.3 is 10.7 Å². The van der Waals surface area contributed by atoms with Crippen LogP contribution in [0.25, 0.3) is 0 Å². The summed E-state index contributed by atoms with van der Waals surface area (Å²) in [4.78, 5) is 4.41. The van der Waals surface area contributed by atoms with Crippen molar-refractivity contribution in [2.45, 2.75) is 26.7 Å². The SMILES string of the molecule is C=C(C)CC1=NC(CC)=[C-]C1=CN.[Co]. The van der Waals surface area contributed by atoms with Crippen molar-refractivity contribution >= 4 is 5.71 Å². The molecule has 79 valence electrons. The summed E-state index contributed by atoms with van der Waals surface area (Å²) in [5.41, 5.74) is 9.45. The van der Waals surface area contributed by atoms with E-state index < -0.39 is 0 Å². The van der Waals surface area contributed by atoms with Crippen LogP contribution in [-0.2, 0) is 16.8 Å². The molecule has 0 aromatic heterocycles. The zero-order valence-corrected chi connectivity index (χ0v) is 9.60. The number of allylic oxidation sites excluding steroid dienone is 4. The summed E-state index contributed by atoms with van der Waals surface area (Å²) in [5, 5.41) is 0. The first-order chi connectivity index (χ1) is 6.17. The standard InChI is InChI=1S/C11H15N2.Co/c1-4-10-6-9(7-12)11(13-10)5-8(2)3;/h7H,2,4-5,12H2,1,3H3;/q-1;. The summed E-state index contributed by atoms with van der Waals surface area (Å²) in [6.45, 7) is 7.90. The fourth-order valence-corrected chi connectivity index (χ4v) is 1.20. The first-order valence-electron chi connectivity index (χ1n) is 4.44. The molecule has 0 bridgehead atoms. The number of nitrogens with zero attached hydrogens (tertiary/aromatic N) is 1. The molecule has 3 heteroatoms. The molecule has 0 aromatic carbocycles. The summed E-state index contributed by atoms with van der Waals surface area (Å²) >= 11 is 0. The average molecular weight is 234 g/mol. The van der Waals surface area contributed by atoms with Gasteiger partial charge in [0.25, 0.3) is 0 Å². The van der Waals surface area contributed by atoms with Gasteiger partial charge in [-0.2, -0.15) is 11.6 Å². The van der Waals surface area contributed by atoms with Crippen LogP contribution in [0.5, 0.6) is 0 Å². The summed E-state index contributed by atoms with van der Waals surface area (Å²) in [5.74, 6) is 0. The second-order valence-electron chi connectivity index (χ2n) is 3.20. The van der Waals surface area contributed by atoms with Crippen molar-refractivity contribution < 1.29 is 16.8 Å². The maximum Gasteiger partial charge on any atom is 0 e. The molecule has 1 heterocycles. The Morgan fingerprint density at radius 1 is 1.64 bits per heavy atom. The molecular formula is C11H15CoN2-. The molecule has 1 aliphatic heterocycles. The summed E-state index contributed by atoms with van der Waals surface area (Å²) < 4.78 is 0. The van der Waals surface area contributed by atoms with Crippen molar-refractivity contribution in [1.82, 2.24) is 0 Å². The van der Waals surface area contributed by atoms with E-state index in [1.165, 1.54) is 0 Å². The smallest absolute Gasteiger partial charge is 0 e. The quantitative estimate of drug-likeness (QED) is 0.590. The minimum Gasteiger partial charge on any atom is -0.455 e. The zero-order valence-electron chi connectivity index (χ0n) is 8.56. The molecule has 0 aliphatic carbocycles. The average Bonchev–Trinajstić information content (AvgIpc) is 2.46. The van der Waals surface area contributed by atoms with Crippen LogP contribution in [-0.4, -0.2) is 5.71 Å². The Labute approximate surface area is 95.9 Å². The summed E-state index contributed by atoms with van der Waals surface area (Å²) in [6, 6.07) is 0. The van der Waals surface area contributed by atoms with Crippen molar-refractivity contribution in [3.8, 4) is 0 Å². The van der Waals surface area contributed by atoms with Gasteiger partial charge in [-0.3, -0.25) is 0 Å². The third-order valence-electron chi connectivity index (χ3n) is 1.83. The summed E-state index contributed by atoms with van der Waals surface area (Å²) in [6.07, 6.45) is 6.40. The minimum absolute atomic E-state index is 0. The fraction of sp³-hybridized carbons (Fsp3) is 0.364. The molecule has 14 heavy (non-hydrogen) atoms. The maximum atomic E-state index is 5.47. The maximum absolute atomic E-state index is 5.47. The Hall–Kier alpha value is -0.804. The van der Waals surface area contributed by atoms with Crippen LogP contribution in [0, 0.1) is 6.08 Å². The predicted molar refractivity (Wildman–Crippen MR) is 56.2 cm³/mol. The van der Waals surface area contributed by atoms with Gasteiger partial charge >= 0.3 is 0 Å². The van der Waals surface area contributed by atoms with Gasteiger partial charge in [0.15, 0.2) is 0 Å². The number of aliphatic imine (C=N–C) groups is 1. The Bertz CT molecular complexity index is 311. The van der Waals surface area contributed by atoms with E-state index in [0.29, 0.717) is 0 Å². The number of nitrogens with two attached hydrogens (primary N) is 1. The normalized spacial score (nSPS) is 17.4. The molecule has 0 unspecified atom stereocenters. The van der Waals surface area contributed by atoms with E-state index in [9.17, 15) is 0 Å². The second kappa shape index (κ2) is 5.83. The van der Waals surface area contributed by atoms with Gasteiger partial charge in [0.1, 0.15) is 0 Å². The first kappa shape index (κ1) is 13.2. The van der Waals surface area contributed by atoms with E-state index in [1.807, 2.05) is 6.92 Å². The molecule has 1 aliphatic rings. The number of hydrogen-bond donors (Lipinski definition) is 1. The van der Waals surface area contributed by atoms with Crippen molar-refractivity contribution in [3.05, 3.63) is 35.7 Å². The topological polar surface area (TPSA) is 38.4 Å². The Morgan fingerprint density at radius 2 is 2.29 bits per heavy atom. The van der Waals surface area contributed by atoms with Gasteiger partial charge in [0.2, 0.25) is 0 Å². The van der Waals surface area contributed by atoms with Crippen LogP contribution in [0.3, 0.4) is 0 Å². The predicted octanol–water partition coefficient (Wildman–Crippen LogP) is 2.34. The Morgan fingerprint density at radius 3 is 2.71 bits per heavy atom. The molecule has 0 saturated carbocycles. The van der Waals surface area contributed by atoms with E-state index in [2.05, 4.69) is 24.6 Å². The van der Waals surface area contributed by atoms with Gasteiger partial charge in [0, 0.05) is 16.8 Å². The van der Waals surface area contributed by atoms with Gasteiger partial charge in [-0.15, -0.1) is 12.8 Å². The Kier molecular flexibility index (Phi) is 5.49. The van der Waals surface area contributed by atoms with Gasteiger partial charge in [-0.25, -0.2) is 0 Å². The molecule has 0 aromatic rings. The van der Waals surface area contributed by atoms with Crippen LogP contribution in [0.2, 0.25) is 0 Å². The van der Waals surface area contributed by atoms with Crippen LogP contribution in [0.1, 0.15) is 26.7 Å². The van der Waals surface area contributed by atoms with E-state index in [1.54, 1.807) is 6.20 Å². The fourth-order valence-electron chi connectivity index (χ4n) is 1.20. The monoisotopic (exact) mass is 234 g/mol. The zero-order chi connectivity index (χ0) is 9.84. The van der Waals surface area contributed by atoms with Gasteiger partial charge in [0.05, 0.1) is 0 Å². The molecule has 2 nitrogen and oxygen atoms in total. The Balaban J connectivity index is 0.00000169. The van der Waals surface area contributed by atoms with Crippen LogP contribution < -0.4 is 5.73 Å². The van der Waals surface area contributed by atoms with Crippen LogP contribution >= 0.6 is 0 Å². The van der Waals surface area contributed by atoms with Crippen molar-refractivity contribution in [2.75, 3.05) is 0 Å². The van der Waals surface area contributed by atoms with Crippen molar-refractivity contribution in [2.24, 2.45) is 10.7 Å². The number of rotatable bonds is 3. The molecule has 0 amide bonds. The minimum atomic E-state index is 0. The first-order valence-corrected chi connectivity index (χ1v) is 4.44. The third kappa shape index (κ3) is 3.16. The molecular weight excluding hydrogens is 219 g/mol. The molecule has 1 radical (unpaired) electrons. The molecule has 1 rings (SSSR count). The third-order valence-corrected chi connectivity index (χ3v) is 1.83. The largest absolute Gasteiger partial charge is 0.455 e. The van der Waals surface area contributed by atoms with Crippen LogP contribution in [0.4, 0.5) is 0 Å². The van der Waals surface area contributed by atoms with E-state index >= 15 is 0 Å². The van der Waals surface area contributed by atoms with Gasteiger partial charge in [-0.1, -0.05) is 18.2 Å². The number of hydrogen-bond acceptors (Lipinski definition) is 2. The van der Waals surface area contributed by atoms with Crippen molar-refractivity contribution in [3.63, 3.8) is 0 Å².